The van der Waals surface area contributed by atoms with Crippen molar-refractivity contribution in [2.75, 3.05) is 5.32 Å². The van der Waals surface area contributed by atoms with Gasteiger partial charge in [-0.2, -0.15) is 0 Å². The first-order valence-corrected chi connectivity index (χ1v) is 8.06. The van der Waals surface area contributed by atoms with Crippen molar-refractivity contribution in [2.45, 2.75) is 0 Å². The first-order valence-electron chi connectivity index (χ1n) is 8.06. The van der Waals surface area contributed by atoms with E-state index in [0.717, 1.165) is 12.1 Å². The fraction of sp³-hybridized carbons (Fsp3) is 0. The number of nitro groups is 1. The molecule has 0 unspecified atom stereocenters. The fourth-order valence-corrected chi connectivity index (χ4v) is 2.32. The van der Waals surface area contributed by atoms with Gasteiger partial charge in [-0.15, -0.1) is 0 Å². The number of ether oxygens (including phenoxy) is 1. The fourth-order valence-electron chi connectivity index (χ4n) is 2.32. The molecule has 3 rings (SSSR count). The summed E-state index contributed by atoms with van der Waals surface area (Å²) in [5, 5.41) is 13.4. The third-order valence-electron chi connectivity index (χ3n) is 3.72. The number of amides is 1. The zero-order chi connectivity index (χ0) is 20.1. The lowest BCUT2D eigenvalue weighted by Gasteiger charge is -2.07. The van der Waals surface area contributed by atoms with Gasteiger partial charge in [0.15, 0.2) is 0 Å². The van der Waals surface area contributed by atoms with Crippen LogP contribution >= 0.6 is 0 Å². The van der Waals surface area contributed by atoms with Gasteiger partial charge >= 0.3 is 5.97 Å². The second kappa shape index (κ2) is 8.09. The summed E-state index contributed by atoms with van der Waals surface area (Å²) < 4.78 is 18.1. The number of rotatable bonds is 5. The highest BCUT2D eigenvalue weighted by Gasteiger charge is 2.12. The minimum Gasteiger partial charge on any atom is -0.423 e. The Labute approximate surface area is 158 Å². The molecule has 0 atom stereocenters. The Bertz CT molecular complexity index is 1030. The van der Waals surface area contributed by atoms with Crippen molar-refractivity contribution in [3.05, 3.63) is 99.9 Å². The lowest BCUT2D eigenvalue weighted by Crippen LogP contribution is -2.12. The molecule has 8 heteroatoms. The van der Waals surface area contributed by atoms with E-state index < -0.39 is 22.6 Å². The molecule has 7 nitrogen and oxygen atoms in total. The van der Waals surface area contributed by atoms with Crippen LogP contribution in [-0.4, -0.2) is 16.8 Å². The summed E-state index contributed by atoms with van der Waals surface area (Å²) in [4.78, 5) is 34.4. The lowest BCUT2D eigenvalue weighted by molar-refractivity contribution is -0.384. The zero-order valence-electron chi connectivity index (χ0n) is 14.3. The molecule has 1 N–H and O–H groups in total. The number of benzene rings is 3. The summed E-state index contributed by atoms with van der Waals surface area (Å²) in [6.45, 7) is 0. The Kier molecular flexibility index (Phi) is 5.40. The van der Waals surface area contributed by atoms with Crippen molar-refractivity contribution in [1.82, 2.24) is 0 Å². The van der Waals surface area contributed by atoms with Crippen LogP contribution in [0.25, 0.3) is 0 Å². The third kappa shape index (κ3) is 4.55. The van der Waals surface area contributed by atoms with Crippen LogP contribution in [0.4, 0.5) is 15.8 Å². The summed E-state index contributed by atoms with van der Waals surface area (Å²) in [5.41, 5.74) is 0.569. The van der Waals surface area contributed by atoms with Crippen molar-refractivity contribution in [1.29, 1.82) is 0 Å². The Hall–Kier alpha value is -4.07. The van der Waals surface area contributed by atoms with Crippen LogP contribution in [0.15, 0.2) is 72.8 Å². The Morgan fingerprint density at radius 1 is 0.929 bits per heavy atom. The molecular formula is C20H13FN2O5. The van der Waals surface area contributed by atoms with Gasteiger partial charge in [-0.25, -0.2) is 9.18 Å². The van der Waals surface area contributed by atoms with Crippen molar-refractivity contribution >= 4 is 23.3 Å². The van der Waals surface area contributed by atoms with E-state index in [1.54, 1.807) is 0 Å². The first-order chi connectivity index (χ1) is 13.4. The standard InChI is InChI=1S/C20H13FN2O5/c21-15-6-4-13(5-7-15)20(25)28-18-10-8-16(9-11-18)22-19(24)14-2-1-3-17(12-14)23(26)27/h1-12H,(H,22,24). The van der Waals surface area contributed by atoms with Crippen LogP contribution in [0, 0.1) is 15.9 Å². The van der Waals surface area contributed by atoms with Crippen LogP contribution in [0.5, 0.6) is 5.75 Å². The number of nitrogens with one attached hydrogen (secondary N) is 1. The lowest BCUT2D eigenvalue weighted by atomic mass is 10.2. The molecule has 0 radical (unpaired) electrons. The van der Waals surface area contributed by atoms with Crippen LogP contribution in [0.2, 0.25) is 0 Å². The summed E-state index contributed by atoms with van der Waals surface area (Å²) in [6.07, 6.45) is 0. The maximum atomic E-state index is 12.9. The molecule has 28 heavy (non-hydrogen) atoms. The molecule has 0 saturated carbocycles. The quantitative estimate of drug-likeness (QED) is 0.309. The van der Waals surface area contributed by atoms with Gasteiger partial charge in [0.2, 0.25) is 0 Å². The van der Waals surface area contributed by atoms with E-state index in [1.165, 1.54) is 60.7 Å². The average Bonchev–Trinajstić information content (AvgIpc) is 2.70. The number of carbonyl (C=O) groups excluding carboxylic acids is 2. The Balaban J connectivity index is 1.65. The van der Waals surface area contributed by atoms with Crippen LogP contribution in [0.3, 0.4) is 0 Å². The normalized spacial score (nSPS) is 10.2. The topological polar surface area (TPSA) is 98.5 Å². The van der Waals surface area contributed by atoms with E-state index in [0.29, 0.717) is 5.69 Å². The number of non-ortho nitro benzene ring substituents is 1. The average molecular weight is 380 g/mol. The van der Waals surface area contributed by atoms with Crippen LogP contribution in [-0.2, 0) is 0 Å². The van der Waals surface area contributed by atoms with Gasteiger partial charge in [0.1, 0.15) is 11.6 Å². The largest absolute Gasteiger partial charge is 0.423 e. The Morgan fingerprint density at radius 3 is 2.25 bits per heavy atom. The smallest absolute Gasteiger partial charge is 0.343 e. The van der Waals surface area contributed by atoms with Crippen molar-refractivity contribution in [2.24, 2.45) is 0 Å². The van der Waals surface area contributed by atoms with E-state index >= 15 is 0 Å². The summed E-state index contributed by atoms with van der Waals surface area (Å²) in [7, 11) is 0. The SMILES string of the molecule is O=C(Nc1ccc(OC(=O)c2ccc(F)cc2)cc1)c1cccc([N+](=O)[O-])c1. The molecule has 0 bridgehead atoms. The highest BCUT2D eigenvalue weighted by Crippen LogP contribution is 2.19. The van der Waals surface area contributed by atoms with Crippen LogP contribution in [0.1, 0.15) is 20.7 Å². The molecular weight excluding hydrogens is 367 g/mol. The predicted octanol–water partition coefficient (Wildman–Crippen LogP) is 4.21. The second-order valence-corrected chi connectivity index (χ2v) is 5.68. The molecule has 140 valence electrons. The van der Waals surface area contributed by atoms with E-state index in [2.05, 4.69) is 5.32 Å². The van der Waals surface area contributed by atoms with Gasteiger partial charge in [-0.1, -0.05) is 6.07 Å². The van der Waals surface area contributed by atoms with Gasteiger partial charge in [0.05, 0.1) is 10.5 Å². The number of anilines is 1. The van der Waals surface area contributed by atoms with Gasteiger partial charge in [0.25, 0.3) is 11.6 Å². The van der Waals surface area contributed by atoms with Gasteiger partial charge in [0, 0.05) is 23.4 Å². The molecule has 1 amide bonds. The second-order valence-electron chi connectivity index (χ2n) is 5.68. The summed E-state index contributed by atoms with van der Waals surface area (Å²) in [6, 6.07) is 16.3. The molecule has 0 aliphatic carbocycles. The summed E-state index contributed by atoms with van der Waals surface area (Å²) in [5.74, 6) is -1.38. The number of hydrogen-bond acceptors (Lipinski definition) is 5. The highest BCUT2D eigenvalue weighted by molar-refractivity contribution is 6.04. The Morgan fingerprint density at radius 2 is 1.61 bits per heavy atom. The minimum atomic E-state index is -0.645. The highest BCUT2D eigenvalue weighted by atomic mass is 19.1. The third-order valence-corrected chi connectivity index (χ3v) is 3.72. The minimum absolute atomic E-state index is 0.140. The molecule has 0 aliphatic rings. The summed E-state index contributed by atoms with van der Waals surface area (Å²) >= 11 is 0. The monoisotopic (exact) mass is 380 g/mol. The molecule has 0 heterocycles. The van der Waals surface area contributed by atoms with E-state index in [9.17, 15) is 24.1 Å². The molecule has 0 aromatic heterocycles. The van der Waals surface area contributed by atoms with Gasteiger partial charge < -0.3 is 10.1 Å². The molecule has 0 saturated heterocycles. The molecule has 0 spiro atoms. The van der Waals surface area contributed by atoms with Crippen LogP contribution < -0.4 is 10.1 Å². The maximum absolute atomic E-state index is 12.9. The molecule has 3 aromatic rings. The van der Waals surface area contributed by atoms with Gasteiger partial charge in [-0.3, -0.25) is 14.9 Å². The van der Waals surface area contributed by atoms with Crippen molar-refractivity contribution in [3.8, 4) is 5.75 Å². The number of esters is 1. The number of hydrogen-bond donors (Lipinski definition) is 1. The molecule has 0 fully saturated rings. The molecule has 0 aliphatic heterocycles. The van der Waals surface area contributed by atoms with Crippen molar-refractivity contribution < 1.29 is 23.6 Å². The van der Waals surface area contributed by atoms with E-state index in [4.69, 9.17) is 4.74 Å². The van der Waals surface area contributed by atoms with Gasteiger partial charge in [-0.05, 0) is 54.6 Å². The zero-order valence-corrected chi connectivity index (χ0v) is 14.3. The maximum Gasteiger partial charge on any atom is 0.343 e. The number of carbonyl (C=O) groups is 2. The van der Waals surface area contributed by atoms with E-state index in [-0.39, 0.29) is 22.6 Å². The number of nitro benzene ring substituents is 1. The first kappa shape index (κ1) is 18.7. The number of nitrogens with zero attached hydrogens (tertiary/aromatic N) is 1. The predicted molar refractivity (Wildman–Crippen MR) is 98.9 cm³/mol. The molecule has 3 aromatic carbocycles. The van der Waals surface area contributed by atoms with E-state index in [1.807, 2.05) is 0 Å². The van der Waals surface area contributed by atoms with Crippen molar-refractivity contribution in [3.63, 3.8) is 0 Å². The number of halogens is 1.